The normalized spacial score (nSPS) is 53.5. The first-order valence-electron chi connectivity index (χ1n) is 15.0. The third kappa shape index (κ3) is 2.96. The summed E-state index contributed by atoms with van der Waals surface area (Å²) in [6.07, 6.45) is -4.88. The van der Waals surface area contributed by atoms with E-state index in [0.717, 1.165) is 0 Å². The Morgan fingerprint density at radius 2 is 1.52 bits per heavy atom. The van der Waals surface area contributed by atoms with E-state index in [0.29, 0.717) is 12.8 Å². The van der Waals surface area contributed by atoms with E-state index in [-0.39, 0.29) is 0 Å². The van der Waals surface area contributed by atoms with Crippen molar-refractivity contribution in [1.82, 2.24) is 0 Å². The van der Waals surface area contributed by atoms with Crippen molar-refractivity contribution in [2.75, 3.05) is 0 Å². The predicted octanol–water partition coefficient (Wildman–Crippen LogP) is 0.610. The van der Waals surface area contributed by atoms with Gasteiger partial charge in [-0.15, -0.1) is 0 Å². The maximum absolute atomic E-state index is 13.7. The largest absolute Gasteiger partial charge is 0.479 e. The van der Waals surface area contributed by atoms with E-state index in [1.807, 2.05) is 13.8 Å². The molecule has 4 aliphatic carbocycles. The van der Waals surface area contributed by atoms with Gasteiger partial charge in [0.25, 0.3) is 0 Å². The van der Waals surface area contributed by atoms with Crippen molar-refractivity contribution in [3.63, 3.8) is 0 Å². The summed E-state index contributed by atoms with van der Waals surface area (Å²) in [6.45, 7) is 13.7. The molecule has 15 atom stereocenters. The number of carbonyl (C=O) groups is 4. The molecule has 4 saturated carbocycles. The molecule has 2 saturated heterocycles. The van der Waals surface area contributed by atoms with Crippen LogP contribution < -0.4 is 0 Å². The number of carbonyl (C=O) groups excluding carboxylic acids is 3. The van der Waals surface area contributed by atoms with Gasteiger partial charge in [0, 0.05) is 23.2 Å². The lowest BCUT2D eigenvalue weighted by Gasteiger charge is -2.54. The lowest BCUT2D eigenvalue weighted by atomic mass is 9.57. The summed E-state index contributed by atoms with van der Waals surface area (Å²) in [4.78, 5) is 53.2. The maximum atomic E-state index is 13.7. The van der Waals surface area contributed by atoms with Crippen LogP contribution in [0.15, 0.2) is 0 Å². The molecule has 0 aromatic heterocycles. The van der Waals surface area contributed by atoms with Crippen molar-refractivity contribution in [3.8, 4) is 0 Å². The van der Waals surface area contributed by atoms with Gasteiger partial charge in [-0.25, -0.2) is 4.79 Å². The van der Waals surface area contributed by atoms with Gasteiger partial charge in [0.15, 0.2) is 16.8 Å². The van der Waals surface area contributed by atoms with E-state index >= 15 is 0 Å². The van der Waals surface area contributed by atoms with Gasteiger partial charge < -0.3 is 39.4 Å². The van der Waals surface area contributed by atoms with Crippen molar-refractivity contribution >= 4 is 23.7 Å². The number of ether oxygens (including phenoxy) is 4. The van der Waals surface area contributed by atoms with Crippen LogP contribution in [0.1, 0.15) is 68.2 Å². The second kappa shape index (κ2) is 8.32. The maximum Gasteiger partial charge on any atom is 0.341 e. The van der Waals surface area contributed by atoms with Crippen molar-refractivity contribution in [2.24, 2.45) is 40.9 Å². The van der Waals surface area contributed by atoms with Crippen LogP contribution in [0.2, 0.25) is 0 Å². The Bertz CT molecular complexity index is 1280. The fourth-order valence-electron chi connectivity index (χ4n) is 9.24. The molecule has 0 bridgehead atoms. The third-order valence-electron chi connectivity index (χ3n) is 12.3. The fourth-order valence-corrected chi connectivity index (χ4v) is 9.24. The smallest absolute Gasteiger partial charge is 0.341 e. The number of epoxide rings is 2. The molecule has 0 radical (unpaired) electrons. The number of aliphatic carboxylic acids is 1. The zero-order valence-corrected chi connectivity index (χ0v) is 25.2. The van der Waals surface area contributed by atoms with Gasteiger partial charge in [-0.2, -0.15) is 0 Å². The Morgan fingerprint density at radius 3 is 2.07 bits per heavy atom. The summed E-state index contributed by atoms with van der Waals surface area (Å²) in [6, 6.07) is 0. The van der Waals surface area contributed by atoms with E-state index in [1.165, 1.54) is 6.92 Å². The molecule has 0 aromatic rings. The van der Waals surface area contributed by atoms with Gasteiger partial charge in [0.1, 0.15) is 24.4 Å². The Kier molecular flexibility index (Phi) is 5.93. The lowest BCUT2D eigenvalue weighted by molar-refractivity contribution is -0.258. The lowest BCUT2D eigenvalue weighted by Crippen LogP contribution is -2.70. The molecule has 12 heteroatoms. The number of fused-ring (bicyclic) bond motifs is 9. The standard InChI is InChI=1S/C30H42O12/c1-9-11(3)20(31)39-17-13(5)27(37)14(15-25(6,7)30(15,17)42-21(32)12(4)10-2)18-29(41-18,24(35)36)23(34)28(38)16(27)19-26(8,40-19)22(28)33/h11-19,23,34,37-38H,9-10H2,1-8H3,(H,35,36). The summed E-state index contributed by atoms with van der Waals surface area (Å²) >= 11 is 0. The van der Waals surface area contributed by atoms with Crippen molar-refractivity contribution in [1.29, 1.82) is 0 Å². The van der Waals surface area contributed by atoms with Crippen molar-refractivity contribution in [2.45, 2.75) is 121 Å². The quantitative estimate of drug-likeness (QED) is 0.237. The molecular weight excluding hydrogens is 552 g/mol. The Balaban J connectivity index is 1.58. The first kappa shape index (κ1) is 29.9. The van der Waals surface area contributed by atoms with Gasteiger partial charge in [0.05, 0.1) is 23.4 Å². The van der Waals surface area contributed by atoms with Crippen LogP contribution in [0.3, 0.4) is 0 Å². The average molecular weight is 595 g/mol. The highest BCUT2D eigenvalue weighted by molar-refractivity contribution is 6.03. The molecule has 0 amide bonds. The van der Waals surface area contributed by atoms with Crippen molar-refractivity contribution in [3.05, 3.63) is 0 Å². The summed E-state index contributed by atoms with van der Waals surface area (Å²) in [7, 11) is 0. The zero-order chi connectivity index (χ0) is 31.3. The van der Waals surface area contributed by atoms with Gasteiger partial charge >= 0.3 is 17.9 Å². The zero-order valence-electron chi connectivity index (χ0n) is 25.2. The summed E-state index contributed by atoms with van der Waals surface area (Å²) < 4.78 is 24.0. The Hall–Kier alpha value is -2.12. The number of Topliss-reactive ketones (excluding diaryl/α,β-unsaturated/α-hetero) is 1. The third-order valence-corrected chi connectivity index (χ3v) is 12.3. The van der Waals surface area contributed by atoms with Crippen LogP contribution in [-0.4, -0.2) is 96.5 Å². The minimum atomic E-state index is -2.74. The van der Waals surface area contributed by atoms with Crippen LogP contribution in [-0.2, 0) is 38.1 Å². The molecule has 234 valence electrons. The molecule has 12 nitrogen and oxygen atoms in total. The number of rotatable bonds is 7. The van der Waals surface area contributed by atoms with Gasteiger partial charge in [-0.1, -0.05) is 48.5 Å². The molecule has 6 fully saturated rings. The molecule has 15 unspecified atom stereocenters. The number of hydrogen-bond acceptors (Lipinski definition) is 11. The average Bonchev–Trinajstić information content (AvgIpc) is 3.87. The molecule has 2 aliphatic heterocycles. The second-order valence-electron chi connectivity index (χ2n) is 14.4. The number of aliphatic hydroxyl groups excluding tert-OH is 1. The van der Waals surface area contributed by atoms with Crippen LogP contribution in [0, 0.1) is 40.9 Å². The van der Waals surface area contributed by atoms with Gasteiger partial charge in [0.2, 0.25) is 11.4 Å². The van der Waals surface area contributed by atoms with Crippen LogP contribution in [0.4, 0.5) is 0 Å². The highest BCUT2D eigenvalue weighted by Gasteiger charge is 2.98. The van der Waals surface area contributed by atoms with E-state index < -0.39 is 117 Å². The van der Waals surface area contributed by atoms with Crippen LogP contribution >= 0.6 is 0 Å². The number of esters is 2. The highest BCUT2D eigenvalue weighted by atomic mass is 16.7. The van der Waals surface area contributed by atoms with E-state index in [2.05, 4.69) is 0 Å². The molecule has 6 rings (SSSR count). The van der Waals surface area contributed by atoms with E-state index in [9.17, 15) is 39.6 Å². The first-order valence-corrected chi connectivity index (χ1v) is 15.0. The summed E-state index contributed by atoms with van der Waals surface area (Å²) in [5.41, 5.74) is -11.3. The molecular formula is C30H42O12. The Morgan fingerprint density at radius 1 is 0.952 bits per heavy atom. The first-order chi connectivity index (χ1) is 19.3. The fraction of sp³-hybridized carbons (Fsp3) is 0.867. The van der Waals surface area contributed by atoms with E-state index in [1.54, 1.807) is 34.6 Å². The monoisotopic (exact) mass is 594 g/mol. The molecule has 6 aliphatic rings. The molecule has 0 spiro atoms. The number of aliphatic hydroxyl groups is 3. The number of carboxylic acid groups (broad SMARTS) is 1. The topological polar surface area (TPSA) is 193 Å². The summed E-state index contributed by atoms with van der Waals surface area (Å²) in [5, 5.41) is 47.0. The minimum Gasteiger partial charge on any atom is -0.479 e. The SMILES string of the molecule is CCC(C)C(=O)OC1C(C)C2(O)C(C3OC3(C(=O)O)C(O)C3(O)C(=O)C4(C)OC4C32)C2C(C)(C)C12OC(=O)C(C)CC. The predicted molar refractivity (Wildman–Crippen MR) is 140 cm³/mol. The van der Waals surface area contributed by atoms with Crippen LogP contribution in [0.25, 0.3) is 0 Å². The minimum absolute atomic E-state index is 0.466. The number of ketones is 1. The van der Waals surface area contributed by atoms with E-state index in [4.69, 9.17) is 18.9 Å². The Labute approximate surface area is 244 Å². The van der Waals surface area contributed by atoms with Gasteiger partial charge in [-0.3, -0.25) is 14.4 Å². The second-order valence-corrected chi connectivity index (χ2v) is 14.4. The molecule has 2 heterocycles. The molecule has 42 heavy (non-hydrogen) atoms. The molecule has 0 aromatic carbocycles. The van der Waals surface area contributed by atoms with Crippen molar-refractivity contribution < 1.29 is 58.6 Å². The number of hydrogen-bond donors (Lipinski definition) is 4. The number of carboxylic acids is 1. The van der Waals surface area contributed by atoms with Crippen LogP contribution in [0.5, 0.6) is 0 Å². The van der Waals surface area contributed by atoms with Gasteiger partial charge in [-0.05, 0) is 19.8 Å². The highest BCUT2D eigenvalue weighted by Crippen LogP contribution is 2.81. The summed E-state index contributed by atoms with van der Waals surface area (Å²) in [5.74, 6) is -9.20. The molecule has 4 N–H and O–H groups in total.